The van der Waals surface area contributed by atoms with E-state index in [0.717, 1.165) is 24.0 Å². The summed E-state index contributed by atoms with van der Waals surface area (Å²) in [6.07, 6.45) is 1.63. The molecule has 1 unspecified atom stereocenters. The van der Waals surface area contributed by atoms with Gasteiger partial charge in [0.1, 0.15) is 17.4 Å². The molecule has 2 aromatic rings. The van der Waals surface area contributed by atoms with Crippen LogP contribution in [0.4, 0.5) is 0 Å². The highest BCUT2D eigenvalue weighted by molar-refractivity contribution is 5.95. The van der Waals surface area contributed by atoms with Gasteiger partial charge in [0.2, 0.25) is 0 Å². The average Bonchev–Trinajstić information content (AvgIpc) is 3.23. The zero-order chi connectivity index (χ0) is 16.7. The molecule has 1 aromatic heterocycles. The number of ether oxygens (including phenoxy) is 1. The van der Waals surface area contributed by atoms with Gasteiger partial charge in [0, 0.05) is 19.7 Å². The van der Waals surface area contributed by atoms with E-state index in [1.807, 2.05) is 24.3 Å². The van der Waals surface area contributed by atoms with E-state index >= 15 is 0 Å². The molecular weight excluding hydrogens is 306 g/mol. The molecule has 1 aromatic carbocycles. The first-order chi connectivity index (χ1) is 11.6. The molecule has 3 heterocycles. The number of nitrogens with zero attached hydrogens (tertiary/aromatic N) is 1. The number of rotatable bonds is 2. The maximum Gasteiger partial charge on any atom is 0.349 e. The van der Waals surface area contributed by atoms with Crippen LogP contribution in [0.15, 0.2) is 39.5 Å². The fourth-order valence-electron chi connectivity index (χ4n) is 3.49. The second kappa shape index (κ2) is 5.91. The van der Waals surface area contributed by atoms with Gasteiger partial charge in [-0.25, -0.2) is 4.79 Å². The lowest BCUT2D eigenvalue weighted by molar-refractivity contribution is 0.0736. The highest BCUT2D eigenvalue weighted by Gasteiger charge is 2.29. The number of amides is 1. The summed E-state index contributed by atoms with van der Waals surface area (Å²) in [7, 11) is 0. The Morgan fingerprint density at radius 2 is 1.92 bits per heavy atom. The summed E-state index contributed by atoms with van der Waals surface area (Å²) < 4.78 is 11.0. The first-order valence-corrected chi connectivity index (χ1v) is 8.26. The first kappa shape index (κ1) is 15.1. The summed E-state index contributed by atoms with van der Waals surface area (Å²) in [5.74, 6) is 0.257. The lowest BCUT2D eigenvalue weighted by Crippen LogP contribution is -2.31. The van der Waals surface area contributed by atoms with Crippen molar-refractivity contribution in [2.24, 2.45) is 0 Å². The maximum absolute atomic E-state index is 12.8. The Bertz CT molecular complexity index is 824. The van der Waals surface area contributed by atoms with E-state index in [0.29, 0.717) is 31.0 Å². The molecule has 0 aliphatic carbocycles. The Labute approximate surface area is 139 Å². The summed E-state index contributed by atoms with van der Waals surface area (Å²) in [5.41, 5.74) is 2.47. The molecule has 1 amide bonds. The van der Waals surface area contributed by atoms with Crippen LogP contribution in [0.2, 0.25) is 0 Å². The third-order valence-corrected chi connectivity index (χ3v) is 4.76. The Kier molecular flexibility index (Phi) is 3.73. The van der Waals surface area contributed by atoms with Gasteiger partial charge in [0.15, 0.2) is 0 Å². The molecule has 1 fully saturated rings. The standard InChI is InChI=1S/C19H19NO4/c1-12-9-16(15-7-4-8-23-15)24-19(22)17(12)18(21)20-10-13-5-2-3-6-14(13)11-20/h2-3,5-6,9,15H,4,7-8,10-11H2,1H3. The molecule has 5 nitrogen and oxygen atoms in total. The first-order valence-electron chi connectivity index (χ1n) is 8.26. The molecule has 2 aliphatic heterocycles. The number of carbonyl (C=O) groups is 1. The van der Waals surface area contributed by atoms with Crippen LogP contribution in [-0.4, -0.2) is 17.4 Å². The maximum atomic E-state index is 12.8. The van der Waals surface area contributed by atoms with Gasteiger partial charge >= 0.3 is 5.63 Å². The van der Waals surface area contributed by atoms with E-state index in [1.165, 1.54) is 0 Å². The number of hydrogen-bond acceptors (Lipinski definition) is 4. The molecule has 1 saturated heterocycles. The molecule has 0 spiro atoms. The van der Waals surface area contributed by atoms with Crippen LogP contribution in [0.25, 0.3) is 0 Å². The third-order valence-electron chi connectivity index (χ3n) is 4.76. The highest BCUT2D eigenvalue weighted by atomic mass is 16.5. The quantitative estimate of drug-likeness (QED) is 0.852. The summed E-state index contributed by atoms with van der Waals surface area (Å²) in [6, 6.07) is 9.72. The van der Waals surface area contributed by atoms with Crippen LogP contribution < -0.4 is 5.63 Å². The number of benzene rings is 1. The SMILES string of the molecule is Cc1cc(C2CCCO2)oc(=O)c1C(=O)N1Cc2ccccc2C1. The van der Waals surface area contributed by atoms with Crippen molar-refractivity contribution >= 4 is 5.91 Å². The number of hydrogen-bond donors (Lipinski definition) is 0. The smallest absolute Gasteiger partial charge is 0.349 e. The minimum Gasteiger partial charge on any atom is -0.424 e. The van der Waals surface area contributed by atoms with Crippen LogP contribution in [0.3, 0.4) is 0 Å². The van der Waals surface area contributed by atoms with Gasteiger partial charge in [-0.1, -0.05) is 24.3 Å². The number of fused-ring (bicyclic) bond motifs is 1. The monoisotopic (exact) mass is 325 g/mol. The van der Waals surface area contributed by atoms with Crippen LogP contribution >= 0.6 is 0 Å². The molecule has 1 atom stereocenters. The Hall–Kier alpha value is -2.40. The molecular formula is C19H19NO4. The molecule has 0 saturated carbocycles. The van der Waals surface area contributed by atoms with Crippen molar-refractivity contribution < 1.29 is 13.9 Å². The molecule has 4 rings (SSSR count). The fraction of sp³-hybridized carbons (Fsp3) is 0.368. The fourth-order valence-corrected chi connectivity index (χ4v) is 3.49. The van der Waals surface area contributed by atoms with E-state index in [1.54, 1.807) is 17.9 Å². The van der Waals surface area contributed by atoms with Crippen LogP contribution in [0.1, 0.15) is 51.8 Å². The zero-order valence-electron chi connectivity index (χ0n) is 13.6. The van der Waals surface area contributed by atoms with Crippen molar-refractivity contribution in [3.05, 3.63) is 68.8 Å². The van der Waals surface area contributed by atoms with Gasteiger partial charge in [-0.15, -0.1) is 0 Å². The second-order valence-electron chi connectivity index (χ2n) is 6.43. The van der Waals surface area contributed by atoms with E-state index in [4.69, 9.17) is 9.15 Å². The Morgan fingerprint density at radius 3 is 2.50 bits per heavy atom. The van der Waals surface area contributed by atoms with Crippen molar-refractivity contribution in [3.63, 3.8) is 0 Å². The topological polar surface area (TPSA) is 59.8 Å². The summed E-state index contributed by atoms with van der Waals surface area (Å²) in [4.78, 5) is 26.9. The largest absolute Gasteiger partial charge is 0.424 e. The normalized spacial score (nSPS) is 19.5. The Morgan fingerprint density at radius 1 is 1.21 bits per heavy atom. The van der Waals surface area contributed by atoms with Gasteiger partial charge in [0.25, 0.3) is 5.91 Å². The molecule has 0 bridgehead atoms. The van der Waals surface area contributed by atoms with Crippen molar-refractivity contribution in [2.45, 2.75) is 39.0 Å². The van der Waals surface area contributed by atoms with Gasteiger partial charge < -0.3 is 14.1 Å². The van der Waals surface area contributed by atoms with E-state index in [9.17, 15) is 9.59 Å². The van der Waals surface area contributed by atoms with Crippen molar-refractivity contribution in [2.75, 3.05) is 6.61 Å². The average molecular weight is 325 g/mol. The molecule has 124 valence electrons. The lowest BCUT2D eigenvalue weighted by atomic mass is 10.1. The van der Waals surface area contributed by atoms with Gasteiger partial charge in [0.05, 0.1) is 0 Å². The summed E-state index contributed by atoms with van der Waals surface area (Å²) in [5, 5.41) is 0. The number of carbonyl (C=O) groups excluding carboxylic acids is 1. The minimum absolute atomic E-state index is 0.129. The zero-order valence-corrected chi connectivity index (χ0v) is 13.6. The summed E-state index contributed by atoms with van der Waals surface area (Å²) in [6.45, 7) is 3.52. The van der Waals surface area contributed by atoms with Crippen LogP contribution in [0.5, 0.6) is 0 Å². The highest BCUT2D eigenvalue weighted by Crippen LogP contribution is 2.29. The van der Waals surface area contributed by atoms with Crippen molar-refractivity contribution in [1.29, 1.82) is 0 Å². The molecule has 24 heavy (non-hydrogen) atoms. The molecule has 0 radical (unpaired) electrons. The van der Waals surface area contributed by atoms with Crippen LogP contribution in [0, 0.1) is 6.92 Å². The molecule has 2 aliphatic rings. The van der Waals surface area contributed by atoms with E-state index < -0.39 is 5.63 Å². The third kappa shape index (κ3) is 2.55. The van der Waals surface area contributed by atoms with E-state index in [2.05, 4.69) is 0 Å². The summed E-state index contributed by atoms with van der Waals surface area (Å²) >= 11 is 0. The number of aryl methyl sites for hydroxylation is 1. The van der Waals surface area contributed by atoms with Crippen LogP contribution in [-0.2, 0) is 17.8 Å². The van der Waals surface area contributed by atoms with Crippen molar-refractivity contribution in [3.8, 4) is 0 Å². The lowest BCUT2D eigenvalue weighted by Gasteiger charge is -2.17. The minimum atomic E-state index is -0.568. The van der Waals surface area contributed by atoms with Gasteiger partial charge in [-0.2, -0.15) is 0 Å². The Balaban J connectivity index is 1.62. The van der Waals surface area contributed by atoms with Gasteiger partial charge in [-0.3, -0.25) is 4.79 Å². The predicted molar refractivity (Wildman–Crippen MR) is 87.7 cm³/mol. The van der Waals surface area contributed by atoms with E-state index in [-0.39, 0.29) is 17.6 Å². The second-order valence-corrected chi connectivity index (χ2v) is 6.43. The molecule has 0 N–H and O–H groups in total. The predicted octanol–water partition coefficient (Wildman–Crippen LogP) is 2.96. The van der Waals surface area contributed by atoms with Crippen molar-refractivity contribution in [1.82, 2.24) is 4.90 Å². The molecule has 5 heteroatoms. The van der Waals surface area contributed by atoms with Gasteiger partial charge in [-0.05, 0) is 42.5 Å².